The Kier molecular flexibility index (Phi) is 5.96. The Bertz CT molecular complexity index is 338. The molecular formula is C10H22N2O5S. The van der Waals surface area contributed by atoms with Crippen molar-refractivity contribution in [2.45, 2.75) is 18.9 Å². The molecule has 0 aromatic carbocycles. The van der Waals surface area contributed by atoms with Crippen LogP contribution in [-0.2, 0) is 19.7 Å². The van der Waals surface area contributed by atoms with Gasteiger partial charge in [-0.05, 0) is 6.92 Å². The second kappa shape index (κ2) is 6.78. The Morgan fingerprint density at radius 1 is 1.44 bits per heavy atom. The van der Waals surface area contributed by atoms with Crippen LogP contribution in [0.1, 0.15) is 13.3 Å². The molecule has 108 valence electrons. The molecule has 1 unspecified atom stereocenters. The molecule has 2 N–H and O–H groups in total. The molecule has 0 spiro atoms. The van der Waals surface area contributed by atoms with Crippen LogP contribution in [0, 0.1) is 0 Å². The van der Waals surface area contributed by atoms with Gasteiger partial charge in [-0.1, -0.05) is 0 Å². The number of ether oxygens (including phenoxy) is 2. The Morgan fingerprint density at radius 3 is 2.61 bits per heavy atom. The smallest absolute Gasteiger partial charge is 0.279 e. The summed E-state index contributed by atoms with van der Waals surface area (Å²) in [5, 5.41) is 9.96. The molecule has 1 rings (SSSR count). The minimum absolute atomic E-state index is 0.0317. The lowest BCUT2D eigenvalue weighted by Crippen LogP contribution is -2.50. The third kappa shape index (κ3) is 5.17. The number of aliphatic hydroxyl groups is 1. The first-order valence-electron chi connectivity index (χ1n) is 5.91. The topological polar surface area (TPSA) is 88.1 Å². The molecule has 1 atom stereocenters. The number of methoxy groups -OCH3 is 1. The first kappa shape index (κ1) is 15.8. The Morgan fingerprint density at radius 2 is 2.06 bits per heavy atom. The van der Waals surface area contributed by atoms with Gasteiger partial charge >= 0.3 is 0 Å². The first-order valence-corrected chi connectivity index (χ1v) is 7.35. The van der Waals surface area contributed by atoms with Gasteiger partial charge in [0.25, 0.3) is 10.2 Å². The highest BCUT2D eigenvalue weighted by molar-refractivity contribution is 7.87. The molecule has 0 saturated carbocycles. The average Bonchev–Trinajstić information content (AvgIpc) is 2.36. The van der Waals surface area contributed by atoms with Crippen LogP contribution in [0.25, 0.3) is 0 Å². The summed E-state index contributed by atoms with van der Waals surface area (Å²) in [6, 6.07) is 0. The van der Waals surface area contributed by atoms with Crippen LogP contribution in [0.15, 0.2) is 0 Å². The number of hydrogen-bond acceptors (Lipinski definition) is 5. The van der Waals surface area contributed by atoms with Crippen molar-refractivity contribution in [2.24, 2.45) is 0 Å². The molecule has 1 aliphatic rings. The van der Waals surface area contributed by atoms with Gasteiger partial charge in [-0.2, -0.15) is 17.4 Å². The van der Waals surface area contributed by atoms with Gasteiger partial charge in [-0.25, -0.2) is 0 Å². The van der Waals surface area contributed by atoms with E-state index in [-0.39, 0.29) is 6.54 Å². The van der Waals surface area contributed by atoms with Crippen molar-refractivity contribution in [3.8, 4) is 0 Å². The molecule has 1 heterocycles. The van der Waals surface area contributed by atoms with E-state index in [4.69, 9.17) is 9.47 Å². The van der Waals surface area contributed by atoms with E-state index < -0.39 is 15.8 Å². The van der Waals surface area contributed by atoms with Crippen molar-refractivity contribution in [3.05, 3.63) is 0 Å². The maximum atomic E-state index is 11.9. The van der Waals surface area contributed by atoms with Crippen molar-refractivity contribution in [2.75, 3.05) is 46.6 Å². The molecule has 7 nitrogen and oxygen atoms in total. The summed E-state index contributed by atoms with van der Waals surface area (Å²) in [6.07, 6.45) is 0.370. The van der Waals surface area contributed by atoms with E-state index in [1.165, 1.54) is 11.4 Å². The van der Waals surface area contributed by atoms with Gasteiger partial charge in [-0.3, -0.25) is 0 Å². The third-order valence-electron chi connectivity index (χ3n) is 2.79. The second-order valence-corrected chi connectivity index (χ2v) is 6.33. The van der Waals surface area contributed by atoms with Gasteiger partial charge in [0.05, 0.1) is 18.8 Å². The van der Waals surface area contributed by atoms with Gasteiger partial charge < -0.3 is 14.6 Å². The molecule has 0 bridgehead atoms. The van der Waals surface area contributed by atoms with Crippen molar-refractivity contribution >= 4 is 10.2 Å². The van der Waals surface area contributed by atoms with E-state index in [9.17, 15) is 13.5 Å². The fraction of sp³-hybridized carbons (Fsp3) is 1.00. The van der Waals surface area contributed by atoms with E-state index in [0.717, 1.165) is 0 Å². The monoisotopic (exact) mass is 282 g/mol. The number of nitrogens with zero attached hydrogens (tertiary/aromatic N) is 1. The van der Waals surface area contributed by atoms with Crippen LogP contribution in [0.4, 0.5) is 0 Å². The maximum absolute atomic E-state index is 11.9. The molecule has 1 fully saturated rings. The Labute approximate surface area is 108 Å². The zero-order chi connectivity index (χ0) is 13.6. The highest BCUT2D eigenvalue weighted by Crippen LogP contribution is 2.10. The van der Waals surface area contributed by atoms with E-state index in [2.05, 4.69) is 4.72 Å². The van der Waals surface area contributed by atoms with Gasteiger partial charge in [0, 0.05) is 39.8 Å². The van der Waals surface area contributed by atoms with Crippen molar-refractivity contribution in [1.29, 1.82) is 0 Å². The lowest BCUT2D eigenvalue weighted by Gasteiger charge is -2.29. The number of rotatable bonds is 7. The highest BCUT2D eigenvalue weighted by atomic mass is 32.2. The summed E-state index contributed by atoms with van der Waals surface area (Å²) in [5.41, 5.74) is -1.12. The summed E-state index contributed by atoms with van der Waals surface area (Å²) >= 11 is 0. The van der Waals surface area contributed by atoms with Gasteiger partial charge in [0.1, 0.15) is 0 Å². The number of morpholine rings is 1. The van der Waals surface area contributed by atoms with Crippen LogP contribution in [0.5, 0.6) is 0 Å². The zero-order valence-electron chi connectivity index (χ0n) is 10.9. The molecular weight excluding hydrogens is 260 g/mol. The third-order valence-corrected chi connectivity index (χ3v) is 4.34. The van der Waals surface area contributed by atoms with Gasteiger partial charge in [0.2, 0.25) is 0 Å². The quantitative estimate of drug-likeness (QED) is 0.621. The van der Waals surface area contributed by atoms with Crippen molar-refractivity contribution < 1.29 is 23.0 Å². The molecule has 0 amide bonds. The Balaban J connectivity index is 2.45. The maximum Gasteiger partial charge on any atom is 0.279 e. The minimum Gasteiger partial charge on any atom is -0.389 e. The van der Waals surface area contributed by atoms with Crippen molar-refractivity contribution in [3.63, 3.8) is 0 Å². The standard InChI is InChI=1S/C10H22N2O5S/c1-10(13,3-6-16-2)9-11-18(14,15)12-4-7-17-8-5-12/h11,13H,3-9H2,1-2H3. The van der Waals surface area contributed by atoms with Gasteiger partial charge in [-0.15, -0.1) is 0 Å². The Hall–Kier alpha value is -0.250. The molecule has 0 aliphatic carbocycles. The fourth-order valence-corrected chi connectivity index (χ4v) is 2.84. The van der Waals surface area contributed by atoms with Crippen molar-refractivity contribution in [1.82, 2.24) is 9.03 Å². The summed E-state index contributed by atoms with van der Waals surface area (Å²) < 4.78 is 37.5. The summed E-state index contributed by atoms with van der Waals surface area (Å²) in [5.74, 6) is 0. The van der Waals surface area contributed by atoms with E-state index in [1.807, 2.05) is 0 Å². The average molecular weight is 282 g/mol. The summed E-state index contributed by atoms with van der Waals surface area (Å²) in [6.45, 7) is 3.42. The molecule has 0 aromatic heterocycles. The number of nitrogens with one attached hydrogen (secondary N) is 1. The highest BCUT2D eigenvalue weighted by Gasteiger charge is 2.28. The fourth-order valence-electron chi connectivity index (χ4n) is 1.54. The summed E-state index contributed by atoms with van der Waals surface area (Å²) in [4.78, 5) is 0. The lowest BCUT2D eigenvalue weighted by molar-refractivity contribution is 0.0283. The van der Waals surface area contributed by atoms with E-state index in [1.54, 1.807) is 6.92 Å². The largest absolute Gasteiger partial charge is 0.389 e. The van der Waals surface area contributed by atoms with Crippen LogP contribution in [0.2, 0.25) is 0 Å². The predicted molar refractivity (Wildman–Crippen MR) is 66.4 cm³/mol. The first-order chi connectivity index (χ1) is 8.37. The predicted octanol–water partition coefficient (Wildman–Crippen LogP) is -1.06. The molecule has 1 saturated heterocycles. The molecule has 18 heavy (non-hydrogen) atoms. The molecule has 8 heteroatoms. The molecule has 0 aromatic rings. The van der Waals surface area contributed by atoms with Crippen LogP contribution >= 0.6 is 0 Å². The number of hydrogen-bond donors (Lipinski definition) is 2. The van der Waals surface area contributed by atoms with E-state index in [0.29, 0.717) is 39.3 Å². The van der Waals surface area contributed by atoms with Crippen LogP contribution in [-0.4, -0.2) is 70.0 Å². The second-order valence-electron chi connectivity index (χ2n) is 4.58. The zero-order valence-corrected chi connectivity index (χ0v) is 11.7. The van der Waals surface area contributed by atoms with Gasteiger partial charge in [0.15, 0.2) is 0 Å². The normalized spacial score (nSPS) is 21.7. The van der Waals surface area contributed by atoms with Crippen LogP contribution in [0.3, 0.4) is 0 Å². The lowest BCUT2D eigenvalue weighted by atomic mass is 10.0. The molecule has 1 aliphatic heterocycles. The van der Waals surface area contributed by atoms with E-state index >= 15 is 0 Å². The SMILES string of the molecule is COCCC(C)(O)CNS(=O)(=O)N1CCOCC1. The minimum atomic E-state index is -3.54. The summed E-state index contributed by atoms with van der Waals surface area (Å²) in [7, 11) is -2.00. The van der Waals surface area contributed by atoms with Crippen LogP contribution < -0.4 is 4.72 Å². The molecule has 0 radical (unpaired) electrons.